The molecule has 1 aliphatic rings. The molecule has 3 nitrogen and oxygen atoms in total. The van der Waals surface area contributed by atoms with E-state index in [2.05, 4.69) is 4.74 Å². The van der Waals surface area contributed by atoms with Gasteiger partial charge in [-0.2, -0.15) is 26.3 Å². The lowest BCUT2D eigenvalue weighted by Crippen LogP contribution is -2.64. The Morgan fingerprint density at radius 2 is 1.52 bits per heavy atom. The molecule has 9 heteroatoms. The zero-order valence-corrected chi connectivity index (χ0v) is 10.5. The first kappa shape index (κ1) is 15.6. The molecule has 0 spiro atoms. The average molecular weight is 313 g/mol. The molecule has 1 aromatic rings. The molecule has 21 heavy (non-hydrogen) atoms. The van der Waals surface area contributed by atoms with Gasteiger partial charge in [0, 0.05) is 0 Å². The number of halogens is 6. The van der Waals surface area contributed by atoms with Gasteiger partial charge in [0.05, 0.1) is 0 Å². The molecular formula is C12H9F6NO2. The smallest absolute Gasteiger partial charge is 0.423 e. The Morgan fingerprint density at radius 3 is 1.90 bits per heavy atom. The quantitative estimate of drug-likeness (QED) is 0.589. The summed E-state index contributed by atoms with van der Waals surface area (Å²) in [5.41, 5.74) is -4.65. The van der Waals surface area contributed by atoms with Crippen LogP contribution >= 0.6 is 0 Å². The number of benzene rings is 1. The molecule has 1 saturated heterocycles. The second-order valence-electron chi connectivity index (χ2n) is 4.48. The summed E-state index contributed by atoms with van der Waals surface area (Å²) >= 11 is 0. The summed E-state index contributed by atoms with van der Waals surface area (Å²) in [4.78, 5) is 11.5. The van der Waals surface area contributed by atoms with Crippen LogP contribution < -0.4 is 0 Å². The highest BCUT2D eigenvalue weighted by Crippen LogP contribution is 2.54. The van der Waals surface area contributed by atoms with E-state index in [0.717, 1.165) is 0 Å². The highest BCUT2D eigenvalue weighted by molar-refractivity contribution is 5.80. The topological polar surface area (TPSA) is 29.5 Å². The van der Waals surface area contributed by atoms with Crippen molar-refractivity contribution < 1.29 is 35.9 Å². The average Bonchev–Trinajstić information content (AvgIpc) is 2.62. The van der Waals surface area contributed by atoms with Crippen LogP contribution in [0.15, 0.2) is 30.3 Å². The van der Waals surface area contributed by atoms with Gasteiger partial charge in [-0.1, -0.05) is 30.3 Å². The molecule has 1 aromatic carbocycles. The first-order valence-electron chi connectivity index (χ1n) is 5.66. The molecule has 1 fully saturated rings. The van der Waals surface area contributed by atoms with Crippen LogP contribution in [0.3, 0.4) is 0 Å². The molecule has 0 amide bonds. The summed E-state index contributed by atoms with van der Waals surface area (Å²) in [5.74, 6) is -1.60. The molecule has 116 valence electrons. The number of carbonyl (C=O) groups is 1. The lowest BCUT2D eigenvalue weighted by molar-refractivity contribution is -0.399. The minimum absolute atomic E-state index is 0.0135. The third kappa shape index (κ3) is 2.15. The summed E-state index contributed by atoms with van der Waals surface area (Å²) in [7, 11) is 0.559. The predicted molar refractivity (Wildman–Crippen MR) is 57.9 cm³/mol. The molecule has 0 aromatic heterocycles. The van der Waals surface area contributed by atoms with Crippen LogP contribution in [-0.2, 0) is 9.53 Å². The number of likely N-dealkylation sites (N-methyl/N-ethyl adjacent to an activating group) is 1. The zero-order chi connectivity index (χ0) is 16.1. The van der Waals surface area contributed by atoms with Crippen molar-refractivity contribution in [3.63, 3.8) is 0 Å². The summed E-state index contributed by atoms with van der Waals surface area (Å²) in [5, 5.41) is 0. The molecule has 2 rings (SSSR count). The fourth-order valence-electron chi connectivity index (χ4n) is 2.28. The molecule has 1 heterocycles. The standard InChI is InChI=1S/C12H9F6NO2/c1-19-8(7-5-3-2-4-6-7)9(20)21-10(19,11(13,14)15)12(16,17)18/h2-6,8H,1H3. The summed E-state index contributed by atoms with van der Waals surface area (Å²) in [6, 6.07) is 5.05. The number of carbonyl (C=O) groups excluding carboxylic acids is 1. The number of hydrogen-bond acceptors (Lipinski definition) is 3. The molecule has 1 atom stereocenters. The maximum atomic E-state index is 13.0. The highest BCUT2D eigenvalue weighted by Gasteiger charge is 2.81. The van der Waals surface area contributed by atoms with Gasteiger partial charge < -0.3 is 4.74 Å². The van der Waals surface area contributed by atoms with Gasteiger partial charge in [0.2, 0.25) is 0 Å². The highest BCUT2D eigenvalue weighted by atomic mass is 19.4. The Bertz CT molecular complexity index is 525. The van der Waals surface area contributed by atoms with Crippen molar-refractivity contribution >= 4 is 5.97 Å². The van der Waals surface area contributed by atoms with Crippen molar-refractivity contribution in [1.29, 1.82) is 0 Å². The van der Waals surface area contributed by atoms with Crippen molar-refractivity contribution in [3.8, 4) is 0 Å². The van der Waals surface area contributed by atoms with Crippen LogP contribution in [0.4, 0.5) is 26.3 Å². The van der Waals surface area contributed by atoms with E-state index in [0.29, 0.717) is 7.05 Å². The van der Waals surface area contributed by atoms with E-state index < -0.39 is 30.1 Å². The van der Waals surface area contributed by atoms with Crippen molar-refractivity contribution in [3.05, 3.63) is 35.9 Å². The van der Waals surface area contributed by atoms with Crippen molar-refractivity contribution in [1.82, 2.24) is 4.90 Å². The molecule has 0 saturated carbocycles. The van der Waals surface area contributed by atoms with Crippen LogP contribution in [0, 0.1) is 0 Å². The number of rotatable bonds is 1. The van der Waals surface area contributed by atoms with Gasteiger partial charge in [-0.05, 0) is 12.6 Å². The molecule has 0 aliphatic carbocycles. The fraction of sp³-hybridized carbons (Fsp3) is 0.417. The number of cyclic esters (lactones) is 1. The van der Waals surface area contributed by atoms with Gasteiger partial charge in [-0.25, -0.2) is 9.69 Å². The maximum Gasteiger partial charge on any atom is 0.453 e. The largest absolute Gasteiger partial charge is 0.453 e. The third-order valence-corrected chi connectivity index (χ3v) is 3.24. The molecule has 1 unspecified atom stereocenters. The number of ether oxygens (including phenoxy) is 1. The number of alkyl halides is 6. The fourth-order valence-corrected chi connectivity index (χ4v) is 2.28. The first-order chi connectivity index (χ1) is 9.52. The van der Waals surface area contributed by atoms with Crippen molar-refractivity contribution in [2.45, 2.75) is 24.1 Å². The van der Waals surface area contributed by atoms with Crippen LogP contribution in [-0.4, -0.2) is 36.0 Å². The van der Waals surface area contributed by atoms with Gasteiger partial charge in [-0.15, -0.1) is 0 Å². The Labute approximate surface area is 115 Å². The van der Waals surface area contributed by atoms with E-state index in [4.69, 9.17) is 0 Å². The van der Waals surface area contributed by atoms with Crippen molar-refractivity contribution in [2.75, 3.05) is 7.05 Å². The van der Waals surface area contributed by atoms with Crippen LogP contribution in [0.1, 0.15) is 11.6 Å². The monoisotopic (exact) mass is 313 g/mol. The maximum absolute atomic E-state index is 13.0. The SMILES string of the molecule is CN1C(c2ccccc2)C(=O)OC1(C(F)(F)F)C(F)(F)F. The predicted octanol–water partition coefficient (Wildman–Crippen LogP) is 3.04. The van der Waals surface area contributed by atoms with Crippen LogP contribution in [0.5, 0.6) is 0 Å². The second-order valence-corrected chi connectivity index (χ2v) is 4.48. The molecular weight excluding hydrogens is 304 g/mol. The Morgan fingerprint density at radius 1 is 1.05 bits per heavy atom. The van der Waals surface area contributed by atoms with Gasteiger partial charge in [-0.3, -0.25) is 0 Å². The molecule has 0 bridgehead atoms. The first-order valence-corrected chi connectivity index (χ1v) is 5.66. The molecule has 1 aliphatic heterocycles. The Kier molecular flexibility index (Phi) is 3.43. The van der Waals surface area contributed by atoms with Gasteiger partial charge in [0.1, 0.15) is 6.04 Å². The van der Waals surface area contributed by atoms with Gasteiger partial charge in [0.25, 0.3) is 0 Å². The van der Waals surface area contributed by atoms with Crippen LogP contribution in [0.25, 0.3) is 0 Å². The minimum atomic E-state index is -5.82. The van der Waals surface area contributed by atoms with E-state index in [9.17, 15) is 31.1 Å². The van der Waals surface area contributed by atoms with Crippen LogP contribution in [0.2, 0.25) is 0 Å². The number of hydrogen-bond donors (Lipinski definition) is 0. The normalized spacial score (nSPS) is 23.2. The second kappa shape index (κ2) is 4.62. The minimum Gasteiger partial charge on any atom is -0.423 e. The van der Waals surface area contributed by atoms with Crippen molar-refractivity contribution in [2.24, 2.45) is 0 Å². The van der Waals surface area contributed by atoms with Gasteiger partial charge >= 0.3 is 24.0 Å². The van der Waals surface area contributed by atoms with E-state index in [1.165, 1.54) is 30.3 Å². The lowest BCUT2D eigenvalue weighted by atomic mass is 10.0. The number of nitrogens with zero attached hydrogens (tertiary/aromatic N) is 1. The van der Waals surface area contributed by atoms with Gasteiger partial charge in [0.15, 0.2) is 0 Å². The molecule has 0 radical (unpaired) electrons. The van der Waals surface area contributed by atoms with E-state index in [-0.39, 0.29) is 10.5 Å². The lowest BCUT2D eigenvalue weighted by Gasteiger charge is -2.37. The van der Waals surface area contributed by atoms with E-state index in [1.807, 2.05) is 0 Å². The third-order valence-electron chi connectivity index (χ3n) is 3.24. The summed E-state index contributed by atoms with van der Waals surface area (Å²) < 4.78 is 81.7. The van der Waals surface area contributed by atoms with E-state index >= 15 is 0 Å². The zero-order valence-electron chi connectivity index (χ0n) is 10.5. The Balaban J connectivity index is 2.56. The van der Waals surface area contributed by atoms with E-state index in [1.54, 1.807) is 0 Å². The molecule has 0 N–H and O–H groups in total. The summed E-state index contributed by atoms with van der Waals surface area (Å²) in [6.45, 7) is 0. The number of esters is 1. The summed E-state index contributed by atoms with van der Waals surface area (Å²) in [6.07, 6.45) is -11.6. The Hall–Kier alpha value is -1.77.